The van der Waals surface area contributed by atoms with Gasteiger partial charge in [0, 0.05) is 17.2 Å². The molecule has 0 radical (unpaired) electrons. The zero-order valence-electron chi connectivity index (χ0n) is 7.41. The van der Waals surface area contributed by atoms with Crippen LogP contribution in [-0.4, -0.2) is 21.9 Å². The second-order valence-electron chi connectivity index (χ2n) is 2.91. The first-order valence-electron chi connectivity index (χ1n) is 4.01. The van der Waals surface area contributed by atoms with E-state index in [1.165, 1.54) is 0 Å². The Morgan fingerprint density at radius 3 is 2.38 bits per heavy atom. The highest BCUT2D eigenvalue weighted by Crippen LogP contribution is 2.36. The lowest BCUT2D eigenvalue weighted by molar-refractivity contribution is 0.391. The van der Waals surface area contributed by atoms with Crippen molar-refractivity contribution in [2.75, 3.05) is 6.54 Å². The maximum absolute atomic E-state index is 9.40. The SMILES string of the molecule is Cc1c(O)c(O)cc(O)c1CCN. The molecule has 0 bridgehead atoms. The molecule has 0 amide bonds. The van der Waals surface area contributed by atoms with Crippen molar-refractivity contribution in [1.82, 2.24) is 0 Å². The lowest BCUT2D eigenvalue weighted by Crippen LogP contribution is -2.04. The highest BCUT2D eigenvalue weighted by atomic mass is 16.3. The minimum absolute atomic E-state index is 0.0294. The average molecular weight is 183 g/mol. The van der Waals surface area contributed by atoms with Gasteiger partial charge in [-0.1, -0.05) is 0 Å². The predicted molar refractivity (Wildman–Crippen MR) is 48.9 cm³/mol. The molecular weight excluding hydrogens is 170 g/mol. The zero-order valence-corrected chi connectivity index (χ0v) is 7.41. The van der Waals surface area contributed by atoms with Crippen molar-refractivity contribution in [3.05, 3.63) is 17.2 Å². The van der Waals surface area contributed by atoms with Gasteiger partial charge in [0.25, 0.3) is 0 Å². The fourth-order valence-electron chi connectivity index (χ4n) is 1.27. The molecule has 0 heterocycles. The van der Waals surface area contributed by atoms with Gasteiger partial charge in [0.2, 0.25) is 0 Å². The number of rotatable bonds is 2. The lowest BCUT2D eigenvalue weighted by Gasteiger charge is -2.10. The summed E-state index contributed by atoms with van der Waals surface area (Å²) in [4.78, 5) is 0. The van der Waals surface area contributed by atoms with Crippen LogP contribution >= 0.6 is 0 Å². The Morgan fingerprint density at radius 2 is 1.85 bits per heavy atom. The fraction of sp³-hybridized carbons (Fsp3) is 0.333. The third-order valence-electron chi connectivity index (χ3n) is 2.03. The summed E-state index contributed by atoms with van der Waals surface area (Å²) in [5.41, 5.74) is 6.39. The van der Waals surface area contributed by atoms with Crippen LogP contribution < -0.4 is 5.73 Å². The summed E-state index contributed by atoms with van der Waals surface area (Å²) < 4.78 is 0. The Bertz CT molecular complexity index is 323. The Balaban J connectivity index is 3.26. The molecular formula is C9H13NO3. The van der Waals surface area contributed by atoms with E-state index in [0.29, 0.717) is 24.1 Å². The summed E-state index contributed by atoms with van der Waals surface area (Å²) in [5, 5.41) is 27.9. The van der Waals surface area contributed by atoms with Crippen molar-refractivity contribution in [3.8, 4) is 17.2 Å². The molecule has 0 atom stereocenters. The molecule has 0 saturated heterocycles. The van der Waals surface area contributed by atoms with E-state index in [2.05, 4.69) is 0 Å². The molecule has 0 aliphatic rings. The van der Waals surface area contributed by atoms with Crippen LogP contribution in [0.3, 0.4) is 0 Å². The van der Waals surface area contributed by atoms with E-state index in [1.807, 2.05) is 0 Å². The summed E-state index contributed by atoms with van der Waals surface area (Å²) >= 11 is 0. The van der Waals surface area contributed by atoms with Gasteiger partial charge < -0.3 is 21.1 Å². The van der Waals surface area contributed by atoms with Gasteiger partial charge >= 0.3 is 0 Å². The maximum atomic E-state index is 9.40. The topological polar surface area (TPSA) is 86.7 Å². The van der Waals surface area contributed by atoms with E-state index < -0.39 is 0 Å². The molecule has 1 aromatic carbocycles. The van der Waals surface area contributed by atoms with Crippen molar-refractivity contribution in [3.63, 3.8) is 0 Å². The van der Waals surface area contributed by atoms with Gasteiger partial charge in [-0.25, -0.2) is 0 Å². The van der Waals surface area contributed by atoms with Crippen molar-refractivity contribution < 1.29 is 15.3 Å². The molecule has 0 aliphatic carbocycles. The molecule has 0 aromatic heterocycles. The van der Waals surface area contributed by atoms with Crippen LogP contribution in [0.4, 0.5) is 0 Å². The van der Waals surface area contributed by atoms with Gasteiger partial charge in [0.15, 0.2) is 11.5 Å². The number of hydrogen-bond acceptors (Lipinski definition) is 4. The second-order valence-corrected chi connectivity index (χ2v) is 2.91. The summed E-state index contributed by atoms with van der Waals surface area (Å²) in [6.07, 6.45) is 0.478. The Hall–Kier alpha value is -1.42. The van der Waals surface area contributed by atoms with E-state index in [4.69, 9.17) is 10.8 Å². The Kier molecular flexibility index (Phi) is 2.63. The first-order valence-corrected chi connectivity index (χ1v) is 4.01. The predicted octanol–water partition coefficient (Wildman–Crippen LogP) is 0.613. The van der Waals surface area contributed by atoms with E-state index in [-0.39, 0.29) is 17.2 Å². The molecule has 0 saturated carbocycles. The summed E-state index contributed by atoms with van der Waals surface area (Å²) in [5.74, 6) is -0.532. The van der Waals surface area contributed by atoms with Crippen LogP contribution in [0.2, 0.25) is 0 Å². The normalized spacial score (nSPS) is 10.3. The molecule has 0 spiro atoms. The summed E-state index contributed by atoms with van der Waals surface area (Å²) in [6.45, 7) is 2.01. The van der Waals surface area contributed by atoms with Gasteiger partial charge in [0.1, 0.15) is 5.75 Å². The van der Waals surface area contributed by atoms with Crippen LogP contribution in [0, 0.1) is 6.92 Å². The number of aromatic hydroxyl groups is 3. The number of hydrogen-bond donors (Lipinski definition) is 4. The molecule has 1 aromatic rings. The highest BCUT2D eigenvalue weighted by molar-refractivity contribution is 5.54. The third-order valence-corrected chi connectivity index (χ3v) is 2.03. The van der Waals surface area contributed by atoms with Gasteiger partial charge in [-0.3, -0.25) is 0 Å². The molecule has 4 heteroatoms. The van der Waals surface area contributed by atoms with Crippen LogP contribution in [0.1, 0.15) is 11.1 Å². The molecule has 1 rings (SSSR count). The van der Waals surface area contributed by atoms with Gasteiger partial charge in [-0.15, -0.1) is 0 Å². The molecule has 13 heavy (non-hydrogen) atoms. The average Bonchev–Trinajstić information content (AvgIpc) is 2.09. The molecule has 5 N–H and O–H groups in total. The van der Waals surface area contributed by atoms with Crippen LogP contribution in [0.15, 0.2) is 6.07 Å². The largest absolute Gasteiger partial charge is 0.508 e. The van der Waals surface area contributed by atoms with Crippen LogP contribution in [-0.2, 0) is 6.42 Å². The number of phenolic OH excluding ortho intramolecular Hbond substituents is 3. The van der Waals surface area contributed by atoms with E-state index in [1.54, 1.807) is 6.92 Å². The fourth-order valence-corrected chi connectivity index (χ4v) is 1.27. The van der Waals surface area contributed by atoms with Crippen LogP contribution in [0.5, 0.6) is 17.2 Å². The first kappa shape index (κ1) is 9.67. The van der Waals surface area contributed by atoms with Crippen molar-refractivity contribution >= 4 is 0 Å². The van der Waals surface area contributed by atoms with Crippen molar-refractivity contribution in [1.29, 1.82) is 0 Å². The summed E-state index contributed by atoms with van der Waals surface area (Å²) in [7, 11) is 0. The second kappa shape index (κ2) is 3.53. The van der Waals surface area contributed by atoms with E-state index in [0.717, 1.165) is 6.07 Å². The minimum atomic E-state index is -0.309. The molecule has 0 aliphatic heterocycles. The minimum Gasteiger partial charge on any atom is -0.508 e. The van der Waals surface area contributed by atoms with Gasteiger partial charge in [-0.2, -0.15) is 0 Å². The molecule has 0 unspecified atom stereocenters. The number of phenols is 3. The maximum Gasteiger partial charge on any atom is 0.161 e. The number of benzene rings is 1. The van der Waals surface area contributed by atoms with Crippen molar-refractivity contribution in [2.45, 2.75) is 13.3 Å². The Morgan fingerprint density at radius 1 is 1.23 bits per heavy atom. The molecule has 72 valence electrons. The van der Waals surface area contributed by atoms with Gasteiger partial charge in [-0.05, 0) is 19.9 Å². The molecule has 0 fully saturated rings. The quantitative estimate of drug-likeness (QED) is 0.399. The zero-order chi connectivity index (χ0) is 10.0. The lowest BCUT2D eigenvalue weighted by atomic mass is 10.0. The van der Waals surface area contributed by atoms with E-state index in [9.17, 15) is 10.2 Å². The standard InChI is InChI=1S/C9H13NO3/c1-5-6(2-3-10)7(11)4-8(12)9(5)13/h4,11-13H,2-3,10H2,1H3. The monoisotopic (exact) mass is 183 g/mol. The summed E-state index contributed by atoms with van der Waals surface area (Å²) in [6, 6.07) is 1.12. The van der Waals surface area contributed by atoms with Gasteiger partial charge in [0.05, 0.1) is 0 Å². The van der Waals surface area contributed by atoms with Crippen molar-refractivity contribution in [2.24, 2.45) is 5.73 Å². The first-order chi connectivity index (χ1) is 6.07. The highest BCUT2D eigenvalue weighted by Gasteiger charge is 2.12. The molecule has 4 nitrogen and oxygen atoms in total. The van der Waals surface area contributed by atoms with Crippen LogP contribution in [0.25, 0.3) is 0 Å². The smallest absolute Gasteiger partial charge is 0.161 e. The third kappa shape index (κ3) is 1.67. The van der Waals surface area contributed by atoms with E-state index >= 15 is 0 Å². The Labute approximate surface area is 76.2 Å². The number of nitrogens with two attached hydrogens (primary N) is 1.